The Morgan fingerprint density at radius 2 is 2.18 bits per heavy atom. The van der Waals surface area contributed by atoms with Gasteiger partial charge in [0.15, 0.2) is 0 Å². The van der Waals surface area contributed by atoms with Crippen LogP contribution in [0.4, 0.5) is 0 Å². The molecule has 3 nitrogen and oxygen atoms in total. The molecule has 88 valence electrons. The number of carbonyl (C=O) groups is 1. The van der Waals surface area contributed by atoms with Crippen LogP contribution in [0.5, 0.6) is 0 Å². The van der Waals surface area contributed by atoms with Crippen LogP contribution >= 0.6 is 15.9 Å². The minimum atomic E-state index is -0.770. The highest BCUT2D eigenvalue weighted by Crippen LogP contribution is 2.40. The van der Waals surface area contributed by atoms with Crippen LogP contribution in [0, 0.1) is 0 Å². The van der Waals surface area contributed by atoms with Crippen molar-refractivity contribution in [3.8, 4) is 0 Å². The molecule has 3 rings (SSSR count). The molecule has 17 heavy (non-hydrogen) atoms. The summed E-state index contributed by atoms with van der Waals surface area (Å²) >= 11 is 3.47. The van der Waals surface area contributed by atoms with Gasteiger partial charge >= 0.3 is 5.97 Å². The Kier molecular flexibility index (Phi) is 2.47. The molecule has 0 saturated heterocycles. The number of nitrogens with zero attached hydrogens (tertiary/aromatic N) is 1. The quantitative estimate of drug-likeness (QED) is 0.943. The van der Waals surface area contributed by atoms with E-state index in [9.17, 15) is 4.79 Å². The van der Waals surface area contributed by atoms with Crippen LogP contribution in [0.2, 0.25) is 0 Å². The van der Waals surface area contributed by atoms with E-state index in [-0.39, 0.29) is 6.42 Å². The fraction of sp³-hybridized carbons (Fsp3) is 0.308. The highest BCUT2D eigenvalue weighted by atomic mass is 79.9. The molecule has 1 aromatic carbocycles. The molecule has 1 fully saturated rings. The van der Waals surface area contributed by atoms with Crippen molar-refractivity contribution in [3.63, 3.8) is 0 Å². The van der Waals surface area contributed by atoms with Gasteiger partial charge in [-0.15, -0.1) is 0 Å². The van der Waals surface area contributed by atoms with E-state index < -0.39 is 5.97 Å². The van der Waals surface area contributed by atoms with Gasteiger partial charge in [0.25, 0.3) is 0 Å². The zero-order chi connectivity index (χ0) is 12.0. The van der Waals surface area contributed by atoms with Gasteiger partial charge in [-0.25, -0.2) is 0 Å². The Labute approximate surface area is 107 Å². The summed E-state index contributed by atoms with van der Waals surface area (Å²) < 4.78 is 3.22. The van der Waals surface area contributed by atoms with Crippen molar-refractivity contribution in [2.45, 2.75) is 25.3 Å². The lowest BCUT2D eigenvalue weighted by Crippen LogP contribution is -2.06. The fourth-order valence-electron chi connectivity index (χ4n) is 2.31. The molecule has 0 atom stereocenters. The number of aromatic nitrogens is 1. The molecular weight excluding hydrogens is 282 g/mol. The number of fused-ring (bicyclic) bond motifs is 1. The van der Waals surface area contributed by atoms with Gasteiger partial charge in [-0.05, 0) is 36.4 Å². The molecule has 1 aliphatic rings. The van der Waals surface area contributed by atoms with Crippen molar-refractivity contribution < 1.29 is 9.90 Å². The summed E-state index contributed by atoms with van der Waals surface area (Å²) in [6.07, 6.45) is 2.41. The topological polar surface area (TPSA) is 42.2 Å². The Bertz CT molecular complexity index is 599. The largest absolute Gasteiger partial charge is 0.481 e. The van der Waals surface area contributed by atoms with Gasteiger partial charge < -0.3 is 9.67 Å². The summed E-state index contributed by atoms with van der Waals surface area (Å²) in [5.41, 5.74) is 2.05. The molecule has 0 radical (unpaired) electrons. The van der Waals surface area contributed by atoms with Crippen molar-refractivity contribution in [2.75, 3.05) is 0 Å². The summed E-state index contributed by atoms with van der Waals surface area (Å²) in [7, 11) is 0. The summed E-state index contributed by atoms with van der Waals surface area (Å²) in [4.78, 5) is 10.9. The van der Waals surface area contributed by atoms with Crippen molar-refractivity contribution in [2.24, 2.45) is 0 Å². The lowest BCUT2D eigenvalue weighted by atomic mass is 10.2. The number of hydrogen-bond donors (Lipinski definition) is 1. The first kappa shape index (κ1) is 10.8. The van der Waals surface area contributed by atoms with E-state index in [1.807, 2.05) is 18.2 Å². The normalized spacial score (nSPS) is 15.4. The first-order chi connectivity index (χ1) is 8.15. The van der Waals surface area contributed by atoms with Crippen LogP contribution in [-0.4, -0.2) is 15.6 Å². The molecule has 1 aromatic heterocycles. The van der Waals surface area contributed by atoms with Crippen LogP contribution in [-0.2, 0) is 11.2 Å². The molecule has 0 bridgehead atoms. The van der Waals surface area contributed by atoms with Crippen LogP contribution in [0.3, 0.4) is 0 Å². The number of benzene rings is 1. The minimum Gasteiger partial charge on any atom is -0.481 e. The Balaban J connectivity index is 2.20. The first-order valence-electron chi connectivity index (χ1n) is 5.66. The van der Waals surface area contributed by atoms with Crippen molar-refractivity contribution in [3.05, 3.63) is 34.4 Å². The van der Waals surface area contributed by atoms with Crippen LogP contribution in [0.25, 0.3) is 10.9 Å². The monoisotopic (exact) mass is 293 g/mol. The van der Waals surface area contributed by atoms with Gasteiger partial charge in [0.2, 0.25) is 0 Å². The van der Waals surface area contributed by atoms with Gasteiger partial charge in [-0.3, -0.25) is 4.79 Å². The van der Waals surface area contributed by atoms with E-state index in [1.165, 1.54) is 0 Å². The summed E-state index contributed by atoms with van der Waals surface area (Å²) in [5.74, 6) is -0.770. The smallest absolute Gasteiger partial charge is 0.309 e. The number of rotatable bonds is 3. The van der Waals surface area contributed by atoms with E-state index in [2.05, 4.69) is 26.6 Å². The zero-order valence-corrected chi connectivity index (χ0v) is 10.8. The maximum atomic E-state index is 10.9. The minimum absolute atomic E-state index is 0.1000. The fourth-order valence-corrected chi connectivity index (χ4v) is 2.66. The summed E-state index contributed by atoms with van der Waals surface area (Å²) in [5, 5.41) is 10.1. The van der Waals surface area contributed by atoms with E-state index in [0.717, 1.165) is 33.9 Å². The third-order valence-corrected chi connectivity index (χ3v) is 3.62. The molecule has 1 aliphatic carbocycles. The second-order valence-electron chi connectivity index (χ2n) is 4.51. The SMILES string of the molecule is O=C(O)Cc1cc2ccc(Br)cc2n1C1CC1. The van der Waals surface area contributed by atoms with Crippen molar-refractivity contribution >= 4 is 32.8 Å². The van der Waals surface area contributed by atoms with E-state index in [0.29, 0.717) is 6.04 Å². The molecule has 2 aromatic rings. The third-order valence-electron chi connectivity index (χ3n) is 3.13. The predicted octanol–water partition coefficient (Wildman–Crippen LogP) is 3.37. The number of carboxylic acid groups (broad SMARTS) is 1. The van der Waals surface area contributed by atoms with Gasteiger partial charge in [0.1, 0.15) is 0 Å². The first-order valence-corrected chi connectivity index (χ1v) is 6.45. The number of carboxylic acids is 1. The molecule has 1 N–H and O–H groups in total. The Hall–Kier alpha value is -1.29. The maximum Gasteiger partial charge on any atom is 0.309 e. The second kappa shape index (κ2) is 3.88. The number of hydrogen-bond acceptors (Lipinski definition) is 1. The summed E-state index contributed by atoms with van der Waals surface area (Å²) in [6, 6.07) is 8.58. The van der Waals surface area contributed by atoms with Gasteiger partial charge in [-0.2, -0.15) is 0 Å². The van der Waals surface area contributed by atoms with Crippen LogP contribution in [0.1, 0.15) is 24.6 Å². The van der Waals surface area contributed by atoms with Gasteiger partial charge in [-0.1, -0.05) is 22.0 Å². The molecule has 0 amide bonds. The molecule has 4 heteroatoms. The molecule has 0 unspecified atom stereocenters. The molecule has 1 saturated carbocycles. The Morgan fingerprint density at radius 1 is 1.41 bits per heavy atom. The standard InChI is InChI=1S/C13H12BrNO2/c14-9-2-1-8-5-11(7-13(16)17)15(10-3-4-10)12(8)6-9/h1-2,5-6,10H,3-4,7H2,(H,16,17). The zero-order valence-electron chi connectivity index (χ0n) is 9.19. The maximum absolute atomic E-state index is 10.9. The molecule has 1 heterocycles. The predicted molar refractivity (Wildman–Crippen MR) is 69.2 cm³/mol. The van der Waals surface area contributed by atoms with E-state index in [4.69, 9.17) is 5.11 Å². The molecule has 0 spiro atoms. The van der Waals surface area contributed by atoms with Crippen molar-refractivity contribution in [1.29, 1.82) is 0 Å². The average molecular weight is 294 g/mol. The second-order valence-corrected chi connectivity index (χ2v) is 5.43. The number of aliphatic carboxylic acids is 1. The van der Waals surface area contributed by atoms with Gasteiger partial charge in [0.05, 0.1) is 6.42 Å². The van der Waals surface area contributed by atoms with Crippen LogP contribution < -0.4 is 0 Å². The van der Waals surface area contributed by atoms with Crippen molar-refractivity contribution in [1.82, 2.24) is 4.57 Å². The lowest BCUT2D eigenvalue weighted by molar-refractivity contribution is -0.136. The van der Waals surface area contributed by atoms with E-state index in [1.54, 1.807) is 0 Å². The highest BCUT2D eigenvalue weighted by molar-refractivity contribution is 9.10. The van der Waals surface area contributed by atoms with Crippen LogP contribution in [0.15, 0.2) is 28.7 Å². The van der Waals surface area contributed by atoms with Gasteiger partial charge in [0, 0.05) is 21.7 Å². The summed E-state index contributed by atoms with van der Waals surface area (Å²) in [6.45, 7) is 0. The highest BCUT2D eigenvalue weighted by Gasteiger charge is 2.27. The van der Waals surface area contributed by atoms with E-state index >= 15 is 0 Å². The Morgan fingerprint density at radius 3 is 2.82 bits per heavy atom. The number of halogens is 1. The third kappa shape index (κ3) is 1.97. The molecular formula is C13H12BrNO2. The average Bonchev–Trinajstić information content (AvgIpc) is 3.01. The lowest BCUT2D eigenvalue weighted by Gasteiger charge is -2.07. The molecule has 0 aliphatic heterocycles.